The monoisotopic (exact) mass is 227 g/mol. The lowest BCUT2D eigenvalue weighted by Crippen LogP contribution is -2.26. The quantitative estimate of drug-likeness (QED) is 0.467. The first-order valence-corrected chi connectivity index (χ1v) is 7.54. The highest BCUT2D eigenvalue weighted by molar-refractivity contribution is 4.60. The van der Waals surface area contributed by atoms with Crippen LogP contribution in [-0.4, -0.2) is 12.6 Å². The van der Waals surface area contributed by atoms with Crippen LogP contribution in [0.5, 0.6) is 0 Å². The van der Waals surface area contributed by atoms with Gasteiger partial charge in [-0.25, -0.2) is 0 Å². The van der Waals surface area contributed by atoms with E-state index in [9.17, 15) is 0 Å². The summed E-state index contributed by atoms with van der Waals surface area (Å²) in [6, 6.07) is 0.724. The third kappa shape index (κ3) is 12.0. The third-order valence-electron chi connectivity index (χ3n) is 3.26. The Morgan fingerprint density at radius 2 is 1.31 bits per heavy atom. The minimum atomic E-state index is 0.724. The molecule has 1 nitrogen and oxygen atoms in total. The lowest BCUT2D eigenvalue weighted by molar-refractivity contribution is 0.472. The molecule has 0 bridgehead atoms. The van der Waals surface area contributed by atoms with Crippen molar-refractivity contribution in [1.82, 2.24) is 5.32 Å². The summed E-state index contributed by atoms with van der Waals surface area (Å²) in [5, 5.41) is 3.59. The molecule has 0 amide bonds. The zero-order valence-electron chi connectivity index (χ0n) is 11.9. The second kappa shape index (κ2) is 13.0. The Bertz CT molecular complexity index is 123. The number of unbranched alkanes of at least 4 members (excludes halogenated alkanes) is 7. The van der Waals surface area contributed by atoms with Crippen LogP contribution < -0.4 is 5.32 Å². The molecule has 0 aliphatic carbocycles. The van der Waals surface area contributed by atoms with Gasteiger partial charge in [0.05, 0.1) is 0 Å². The summed E-state index contributed by atoms with van der Waals surface area (Å²) >= 11 is 0. The molecule has 16 heavy (non-hydrogen) atoms. The van der Waals surface area contributed by atoms with Gasteiger partial charge >= 0.3 is 0 Å². The van der Waals surface area contributed by atoms with Gasteiger partial charge in [-0.2, -0.15) is 0 Å². The second-order valence-corrected chi connectivity index (χ2v) is 5.12. The molecular weight excluding hydrogens is 194 g/mol. The van der Waals surface area contributed by atoms with Crippen molar-refractivity contribution in [3.05, 3.63) is 0 Å². The highest BCUT2D eigenvalue weighted by atomic mass is 14.9. The van der Waals surface area contributed by atoms with Crippen LogP contribution in [0.4, 0.5) is 0 Å². The van der Waals surface area contributed by atoms with Crippen molar-refractivity contribution in [3.63, 3.8) is 0 Å². The van der Waals surface area contributed by atoms with E-state index in [2.05, 4.69) is 26.1 Å². The van der Waals surface area contributed by atoms with Crippen molar-refractivity contribution in [2.75, 3.05) is 6.54 Å². The van der Waals surface area contributed by atoms with Gasteiger partial charge in [0, 0.05) is 6.04 Å². The average molecular weight is 227 g/mol. The topological polar surface area (TPSA) is 12.0 Å². The molecule has 0 aromatic rings. The van der Waals surface area contributed by atoms with E-state index in [0.717, 1.165) is 6.04 Å². The normalized spacial score (nSPS) is 12.9. The van der Waals surface area contributed by atoms with Gasteiger partial charge in [0.25, 0.3) is 0 Å². The van der Waals surface area contributed by atoms with E-state index in [1.165, 1.54) is 70.8 Å². The molecule has 1 heteroatoms. The van der Waals surface area contributed by atoms with Crippen molar-refractivity contribution in [2.45, 2.75) is 91.0 Å². The molecule has 0 aromatic heterocycles. The fraction of sp³-hybridized carbons (Fsp3) is 1.00. The predicted molar refractivity (Wildman–Crippen MR) is 75.0 cm³/mol. The molecule has 0 saturated heterocycles. The van der Waals surface area contributed by atoms with Crippen LogP contribution in [0.2, 0.25) is 0 Å². The van der Waals surface area contributed by atoms with Crippen LogP contribution in [0, 0.1) is 0 Å². The van der Waals surface area contributed by atoms with Crippen molar-refractivity contribution in [1.29, 1.82) is 0 Å². The van der Waals surface area contributed by atoms with Gasteiger partial charge in [-0.3, -0.25) is 0 Å². The van der Waals surface area contributed by atoms with E-state index in [4.69, 9.17) is 0 Å². The SMILES string of the molecule is CCCCCCCCCC(C)NCCCC. The van der Waals surface area contributed by atoms with Crippen molar-refractivity contribution < 1.29 is 0 Å². The summed E-state index contributed by atoms with van der Waals surface area (Å²) in [7, 11) is 0. The van der Waals surface area contributed by atoms with E-state index < -0.39 is 0 Å². The Labute approximate surface area is 103 Å². The summed E-state index contributed by atoms with van der Waals surface area (Å²) in [5.41, 5.74) is 0. The molecule has 0 aliphatic rings. The molecule has 0 radical (unpaired) electrons. The van der Waals surface area contributed by atoms with Gasteiger partial charge in [0.2, 0.25) is 0 Å². The number of hydrogen-bond donors (Lipinski definition) is 1. The lowest BCUT2D eigenvalue weighted by Gasteiger charge is -2.13. The first-order chi connectivity index (χ1) is 7.81. The van der Waals surface area contributed by atoms with Crippen molar-refractivity contribution in [3.8, 4) is 0 Å². The Balaban J connectivity index is 3.06. The van der Waals surface area contributed by atoms with Gasteiger partial charge in [-0.1, -0.05) is 65.2 Å². The molecule has 0 aliphatic heterocycles. The first kappa shape index (κ1) is 16.0. The second-order valence-electron chi connectivity index (χ2n) is 5.12. The summed E-state index contributed by atoms with van der Waals surface area (Å²) in [6.45, 7) is 8.06. The zero-order chi connectivity index (χ0) is 12.1. The van der Waals surface area contributed by atoms with Crippen molar-refractivity contribution in [2.24, 2.45) is 0 Å². The Hall–Kier alpha value is -0.0400. The van der Waals surface area contributed by atoms with Crippen LogP contribution >= 0.6 is 0 Å². The highest BCUT2D eigenvalue weighted by Crippen LogP contribution is 2.09. The Morgan fingerprint density at radius 3 is 1.94 bits per heavy atom. The van der Waals surface area contributed by atoms with Gasteiger partial charge in [-0.05, 0) is 26.3 Å². The van der Waals surface area contributed by atoms with Gasteiger partial charge in [-0.15, -0.1) is 0 Å². The van der Waals surface area contributed by atoms with Crippen LogP contribution in [0.1, 0.15) is 85.0 Å². The van der Waals surface area contributed by atoms with Gasteiger partial charge < -0.3 is 5.32 Å². The molecular formula is C15H33N. The molecule has 0 spiro atoms. The smallest absolute Gasteiger partial charge is 0.00387 e. The summed E-state index contributed by atoms with van der Waals surface area (Å²) in [4.78, 5) is 0. The maximum Gasteiger partial charge on any atom is 0.00387 e. The fourth-order valence-corrected chi connectivity index (χ4v) is 2.03. The molecule has 0 fully saturated rings. The van der Waals surface area contributed by atoms with E-state index in [0.29, 0.717) is 0 Å². The van der Waals surface area contributed by atoms with Crippen molar-refractivity contribution >= 4 is 0 Å². The molecule has 0 rings (SSSR count). The minimum Gasteiger partial charge on any atom is -0.314 e. The number of hydrogen-bond acceptors (Lipinski definition) is 1. The minimum absolute atomic E-state index is 0.724. The van der Waals surface area contributed by atoms with E-state index in [-0.39, 0.29) is 0 Å². The van der Waals surface area contributed by atoms with Crippen LogP contribution in [-0.2, 0) is 0 Å². The number of rotatable bonds is 12. The average Bonchev–Trinajstić information content (AvgIpc) is 2.28. The van der Waals surface area contributed by atoms with E-state index >= 15 is 0 Å². The molecule has 98 valence electrons. The van der Waals surface area contributed by atoms with Crippen LogP contribution in [0.25, 0.3) is 0 Å². The van der Waals surface area contributed by atoms with E-state index in [1.54, 1.807) is 0 Å². The molecule has 1 atom stereocenters. The molecule has 1 unspecified atom stereocenters. The number of nitrogens with one attached hydrogen (secondary N) is 1. The fourth-order valence-electron chi connectivity index (χ4n) is 2.03. The Kier molecular flexibility index (Phi) is 13.0. The predicted octanol–water partition coefficient (Wildman–Crippen LogP) is 4.91. The summed E-state index contributed by atoms with van der Waals surface area (Å²) in [6.07, 6.45) is 14.0. The molecule has 0 aromatic carbocycles. The molecule has 1 N–H and O–H groups in total. The lowest BCUT2D eigenvalue weighted by atomic mass is 10.1. The highest BCUT2D eigenvalue weighted by Gasteiger charge is 1.99. The molecule has 0 heterocycles. The maximum absolute atomic E-state index is 3.59. The van der Waals surface area contributed by atoms with Gasteiger partial charge in [0.1, 0.15) is 0 Å². The van der Waals surface area contributed by atoms with Crippen LogP contribution in [0.3, 0.4) is 0 Å². The molecule has 0 saturated carbocycles. The zero-order valence-corrected chi connectivity index (χ0v) is 11.9. The van der Waals surface area contributed by atoms with Gasteiger partial charge in [0.15, 0.2) is 0 Å². The third-order valence-corrected chi connectivity index (χ3v) is 3.26. The van der Waals surface area contributed by atoms with Crippen LogP contribution in [0.15, 0.2) is 0 Å². The largest absolute Gasteiger partial charge is 0.314 e. The summed E-state index contributed by atoms with van der Waals surface area (Å²) in [5.74, 6) is 0. The summed E-state index contributed by atoms with van der Waals surface area (Å²) < 4.78 is 0. The Morgan fingerprint density at radius 1 is 0.750 bits per heavy atom. The van der Waals surface area contributed by atoms with E-state index in [1.807, 2.05) is 0 Å². The first-order valence-electron chi connectivity index (χ1n) is 7.54. The maximum atomic E-state index is 3.59. The standard InChI is InChI=1S/C15H33N/c1-4-6-8-9-10-11-12-13-15(3)16-14-7-5-2/h15-16H,4-14H2,1-3H3.